The van der Waals surface area contributed by atoms with Gasteiger partial charge in [-0.05, 0) is 25.7 Å². The van der Waals surface area contributed by atoms with Crippen LogP contribution in [-0.2, 0) is 6.42 Å². The Balaban J connectivity index is 1.79. The molecule has 4 heteroatoms. The van der Waals surface area contributed by atoms with Crippen molar-refractivity contribution in [1.29, 1.82) is 0 Å². The predicted molar refractivity (Wildman–Crippen MR) is 82.9 cm³/mol. The summed E-state index contributed by atoms with van der Waals surface area (Å²) in [5.41, 5.74) is 1.24. The molecule has 0 aromatic carbocycles. The maximum Gasteiger partial charge on any atom is 0.134 e. The van der Waals surface area contributed by atoms with Crippen molar-refractivity contribution in [1.82, 2.24) is 9.97 Å². The van der Waals surface area contributed by atoms with Crippen molar-refractivity contribution in [2.24, 2.45) is 5.92 Å². The van der Waals surface area contributed by atoms with Crippen LogP contribution >= 0.6 is 0 Å². The van der Waals surface area contributed by atoms with E-state index in [4.69, 9.17) is 0 Å². The minimum Gasteiger partial charge on any atom is -0.370 e. The molecule has 2 N–H and O–H groups in total. The second-order valence-electron chi connectivity index (χ2n) is 5.45. The second-order valence-corrected chi connectivity index (χ2v) is 5.45. The first-order valence-corrected chi connectivity index (χ1v) is 7.56. The molecule has 1 aliphatic carbocycles. The summed E-state index contributed by atoms with van der Waals surface area (Å²) >= 11 is 0. The molecule has 0 radical (unpaired) electrons. The minimum atomic E-state index is 0.428. The summed E-state index contributed by atoms with van der Waals surface area (Å²) in [4.78, 5) is 8.81. The molecule has 0 fully saturated rings. The van der Waals surface area contributed by atoms with Crippen molar-refractivity contribution in [2.75, 3.05) is 17.2 Å². The van der Waals surface area contributed by atoms with E-state index < -0.39 is 0 Å². The molecule has 0 amide bonds. The summed E-state index contributed by atoms with van der Waals surface area (Å²) in [5.74, 6) is 2.56. The molecule has 2 aliphatic rings. The maximum atomic E-state index is 4.47. The molecule has 2 heterocycles. The van der Waals surface area contributed by atoms with Crippen LogP contribution in [0.2, 0.25) is 0 Å². The normalized spacial score (nSPS) is 21.9. The van der Waals surface area contributed by atoms with Gasteiger partial charge in [0, 0.05) is 24.1 Å². The van der Waals surface area contributed by atoms with Crippen molar-refractivity contribution in [2.45, 2.75) is 38.6 Å². The van der Waals surface area contributed by atoms with Crippen LogP contribution in [0, 0.1) is 5.92 Å². The number of allylic oxidation sites excluding steroid dienone is 3. The van der Waals surface area contributed by atoms with Crippen molar-refractivity contribution in [3.63, 3.8) is 0 Å². The molecule has 0 saturated carbocycles. The standard InChI is InChI=1S/C16H22N4/c1-2-14(12-7-4-3-5-8-12)20-16-13-9-6-10-17-15(13)18-11-19-16/h3-5,7,11-12,14H,2,6,8-10H2,1H3,(H2,17,18,19,20)/t12?,14-/m0/s1. The van der Waals surface area contributed by atoms with E-state index in [1.165, 1.54) is 5.56 Å². The van der Waals surface area contributed by atoms with Gasteiger partial charge in [-0.3, -0.25) is 0 Å². The smallest absolute Gasteiger partial charge is 0.134 e. The zero-order chi connectivity index (χ0) is 13.8. The fraction of sp³-hybridized carbons (Fsp3) is 0.500. The lowest BCUT2D eigenvalue weighted by Gasteiger charge is -2.28. The molecule has 20 heavy (non-hydrogen) atoms. The Morgan fingerprint density at radius 1 is 1.40 bits per heavy atom. The highest BCUT2D eigenvalue weighted by Gasteiger charge is 2.21. The Morgan fingerprint density at radius 2 is 2.35 bits per heavy atom. The lowest BCUT2D eigenvalue weighted by Crippen LogP contribution is -2.29. The number of rotatable bonds is 4. The molecule has 2 atom stereocenters. The topological polar surface area (TPSA) is 49.8 Å². The van der Waals surface area contributed by atoms with Crippen LogP contribution in [0.25, 0.3) is 0 Å². The van der Waals surface area contributed by atoms with Crippen molar-refractivity contribution >= 4 is 11.6 Å². The number of hydrogen-bond acceptors (Lipinski definition) is 4. The van der Waals surface area contributed by atoms with E-state index in [0.717, 1.165) is 43.9 Å². The van der Waals surface area contributed by atoms with Gasteiger partial charge in [0.15, 0.2) is 0 Å². The molecule has 4 nitrogen and oxygen atoms in total. The van der Waals surface area contributed by atoms with Gasteiger partial charge in [-0.25, -0.2) is 9.97 Å². The average molecular weight is 270 g/mol. The summed E-state index contributed by atoms with van der Waals surface area (Å²) in [5, 5.41) is 7.01. The Morgan fingerprint density at radius 3 is 3.15 bits per heavy atom. The summed E-state index contributed by atoms with van der Waals surface area (Å²) in [6, 6.07) is 0.428. The SMILES string of the molecule is CC[C@H](Nc1ncnc2c1CCCN2)C1C=CC=CC1. The van der Waals surface area contributed by atoms with Crippen molar-refractivity contribution in [3.8, 4) is 0 Å². The molecule has 3 rings (SSSR count). The monoisotopic (exact) mass is 270 g/mol. The van der Waals surface area contributed by atoms with E-state index in [2.05, 4.69) is 51.8 Å². The average Bonchev–Trinajstić information content (AvgIpc) is 2.53. The lowest BCUT2D eigenvalue weighted by atomic mass is 9.91. The summed E-state index contributed by atoms with van der Waals surface area (Å²) in [6.07, 6.45) is 14.9. The summed E-state index contributed by atoms with van der Waals surface area (Å²) in [7, 11) is 0. The van der Waals surface area contributed by atoms with Gasteiger partial charge >= 0.3 is 0 Å². The van der Waals surface area contributed by atoms with E-state index in [1.807, 2.05) is 0 Å². The summed E-state index contributed by atoms with van der Waals surface area (Å²) < 4.78 is 0. The van der Waals surface area contributed by atoms with E-state index in [1.54, 1.807) is 6.33 Å². The number of hydrogen-bond donors (Lipinski definition) is 2. The van der Waals surface area contributed by atoms with Gasteiger partial charge < -0.3 is 10.6 Å². The van der Waals surface area contributed by atoms with Gasteiger partial charge in [-0.1, -0.05) is 31.2 Å². The molecule has 1 aromatic heterocycles. The fourth-order valence-electron chi connectivity index (χ4n) is 2.98. The molecule has 0 spiro atoms. The van der Waals surface area contributed by atoms with Crippen molar-refractivity contribution in [3.05, 3.63) is 36.2 Å². The van der Waals surface area contributed by atoms with Crippen LogP contribution in [-0.4, -0.2) is 22.6 Å². The van der Waals surface area contributed by atoms with Crippen LogP contribution < -0.4 is 10.6 Å². The predicted octanol–water partition coefficient (Wildman–Crippen LogP) is 3.16. The lowest BCUT2D eigenvalue weighted by molar-refractivity contribution is 0.518. The Kier molecular flexibility index (Phi) is 4.00. The third-order valence-electron chi connectivity index (χ3n) is 4.13. The third-order valence-corrected chi connectivity index (χ3v) is 4.13. The van der Waals surface area contributed by atoms with Gasteiger partial charge in [0.05, 0.1) is 0 Å². The van der Waals surface area contributed by atoms with E-state index in [0.29, 0.717) is 12.0 Å². The van der Waals surface area contributed by atoms with Gasteiger partial charge in [-0.15, -0.1) is 0 Å². The molecule has 1 aliphatic heterocycles. The van der Waals surface area contributed by atoms with Gasteiger partial charge in [0.25, 0.3) is 0 Å². The maximum absolute atomic E-state index is 4.47. The van der Waals surface area contributed by atoms with Gasteiger partial charge in [0.1, 0.15) is 18.0 Å². The van der Waals surface area contributed by atoms with Gasteiger partial charge in [0.2, 0.25) is 0 Å². The molecular weight excluding hydrogens is 248 g/mol. The van der Waals surface area contributed by atoms with E-state index in [-0.39, 0.29) is 0 Å². The van der Waals surface area contributed by atoms with Crippen LogP contribution in [0.4, 0.5) is 11.6 Å². The number of nitrogens with zero attached hydrogens (tertiary/aromatic N) is 2. The first-order valence-electron chi connectivity index (χ1n) is 7.56. The number of anilines is 2. The largest absolute Gasteiger partial charge is 0.370 e. The molecule has 0 bridgehead atoms. The van der Waals surface area contributed by atoms with Crippen LogP contribution in [0.3, 0.4) is 0 Å². The van der Waals surface area contributed by atoms with Crippen LogP contribution in [0.5, 0.6) is 0 Å². The number of aromatic nitrogens is 2. The van der Waals surface area contributed by atoms with Crippen LogP contribution in [0.15, 0.2) is 30.6 Å². The van der Waals surface area contributed by atoms with E-state index >= 15 is 0 Å². The van der Waals surface area contributed by atoms with E-state index in [9.17, 15) is 0 Å². The highest BCUT2D eigenvalue weighted by Crippen LogP contribution is 2.28. The molecule has 1 aromatic rings. The Hall–Kier alpha value is -1.84. The fourth-order valence-corrected chi connectivity index (χ4v) is 2.98. The third kappa shape index (κ3) is 2.69. The Bertz CT molecular complexity index is 521. The minimum absolute atomic E-state index is 0.428. The summed E-state index contributed by atoms with van der Waals surface area (Å²) in [6.45, 7) is 3.24. The quantitative estimate of drug-likeness (QED) is 0.882. The highest BCUT2D eigenvalue weighted by atomic mass is 15.1. The Labute approximate surface area is 120 Å². The number of nitrogens with one attached hydrogen (secondary N) is 2. The molecule has 1 unspecified atom stereocenters. The first-order chi connectivity index (χ1) is 9.88. The van der Waals surface area contributed by atoms with Crippen molar-refractivity contribution < 1.29 is 0 Å². The van der Waals surface area contributed by atoms with Gasteiger partial charge in [-0.2, -0.15) is 0 Å². The number of fused-ring (bicyclic) bond motifs is 1. The first kappa shape index (κ1) is 13.2. The zero-order valence-corrected chi connectivity index (χ0v) is 12.0. The molecule has 106 valence electrons. The zero-order valence-electron chi connectivity index (χ0n) is 12.0. The molecule has 0 saturated heterocycles. The second kappa shape index (κ2) is 6.07. The molecular formula is C16H22N4. The highest BCUT2D eigenvalue weighted by molar-refractivity contribution is 5.59. The van der Waals surface area contributed by atoms with Crippen LogP contribution in [0.1, 0.15) is 31.7 Å².